The van der Waals surface area contributed by atoms with E-state index in [2.05, 4.69) is 4.90 Å². The molecule has 2 rings (SSSR count). The molecule has 0 spiro atoms. The first-order valence-corrected chi connectivity index (χ1v) is 4.75. The van der Waals surface area contributed by atoms with Crippen molar-refractivity contribution >= 4 is 5.97 Å². The Kier molecular flexibility index (Phi) is 3.84. The molecule has 0 N–H and O–H groups in total. The van der Waals surface area contributed by atoms with Crippen LogP contribution >= 0.6 is 0 Å². The summed E-state index contributed by atoms with van der Waals surface area (Å²) in [6.07, 6.45) is 5.69. The van der Waals surface area contributed by atoms with Gasteiger partial charge >= 0.3 is 18.9 Å². The molecule has 13 heavy (non-hydrogen) atoms. The molecule has 0 aromatic carbocycles. The van der Waals surface area contributed by atoms with Gasteiger partial charge in [-0.3, -0.25) is 4.90 Å². The number of carboxylic acid groups (broad SMARTS) is 1. The summed E-state index contributed by atoms with van der Waals surface area (Å²) in [6.45, 7) is 0.962. The Bertz CT molecular complexity index is 192. The molecule has 2 fully saturated rings. The molecular formula is C9H14LiNO2. The second kappa shape index (κ2) is 4.50. The van der Waals surface area contributed by atoms with Crippen molar-refractivity contribution in [3.05, 3.63) is 0 Å². The van der Waals surface area contributed by atoms with Gasteiger partial charge in [0.25, 0.3) is 0 Å². The third-order valence-corrected chi connectivity index (χ3v) is 3.13. The van der Waals surface area contributed by atoms with E-state index in [-0.39, 0.29) is 24.9 Å². The van der Waals surface area contributed by atoms with E-state index in [0.29, 0.717) is 6.04 Å². The van der Waals surface area contributed by atoms with Crippen LogP contribution in [0.3, 0.4) is 0 Å². The molecule has 1 saturated heterocycles. The number of hydrogen-bond donors (Lipinski definition) is 0. The number of carboxylic acids is 1. The van der Waals surface area contributed by atoms with Crippen LogP contribution in [0.15, 0.2) is 0 Å². The smallest absolute Gasteiger partial charge is 0.548 e. The van der Waals surface area contributed by atoms with Gasteiger partial charge in [-0.15, -0.1) is 0 Å². The average Bonchev–Trinajstić information content (AvgIpc) is 2.35. The molecule has 1 aliphatic heterocycles. The van der Waals surface area contributed by atoms with Crippen LogP contribution in [-0.4, -0.2) is 29.5 Å². The van der Waals surface area contributed by atoms with Crippen LogP contribution in [0.25, 0.3) is 0 Å². The van der Waals surface area contributed by atoms with Crippen molar-refractivity contribution in [1.82, 2.24) is 4.90 Å². The van der Waals surface area contributed by atoms with Gasteiger partial charge in [0.05, 0.1) is 12.0 Å². The molecule has 4 heteroatoms. The molecule has 2 aliphatic rings. The van der Waals surface area contributed by atoms with Crippen molar-refractivity contribution in [2.45, 2.75) is 44.2 Å². The van der Waals surface area contributed by atoms with Crippen LogP contribution in [0.2, 0.25) is 0 Å². The minimum atomic E-state index is -0.881. The van der Waals surface area contributed by atoms with E-state index in [1.165, 1.54) is 25.7 Å². The van der Waals surface area contributed by atoms with E-state index in [0.717, 1.165) is 13.0 Å². The van der Waals surface area contributed by atoms with Crippen LogP contribution in [-0.2, 0) is 4.79 Å². The molecule has 1 heterocycles. The normalized spacial score (nSPS) is 29.4. The zero-order valence-corrected chi connectivity index (χ0v) is 8.16. The van der Waals surface area contributed by atoms with E-state index < -0.39 is 5.97 Å². The van der Waals surface area contributed by atoms with Crippen LogP contribution in [0.4, 0.5) is 0 Å². The van der Waals surface area contributed by atoms with Gasteiger partial charge in [0.2, 0.25) is 0 Å². The van der Waals surface area contributed by atoms with E-state index in [1.54, 1.807) is 0 Å². The summed E-state index contributed by atoms with van der Waals surface area (Å²) < 4.78 is 0. The SMILES string of the molecule is O=C([O-])C1CCN1C1CCCC1.[Li+]. The summed E-state index contributed by atoms with van der Waals surface area (Å²) in [4.78, 5) is 12.7. The van der Waals surface area contributed by atoms with E-state index >= 15 is 0 Å². The Balaban J connectivity index is 0.000000845. The van der Waals surface area contributed by atoms with Gasteiger partial charge in [-0.05, 0) is 19.3 Å². The van der Waals surface area contributed by atoms with Crippen molar-refractivity contribution in [2.75, 3.05) is 6.54 Å². The fourth-order valence-corrected chi connectivity index (χ4v) is 2.33. The fourth-order valence-electron chi connectivity index (χ4n) is 2.33. The maximum absolute atomic E-state index is 10.6. The molecule has 1 saturated carbocycles. The summed E-state index contributed by atoms with van der Waals surface area (Å²) >= 11 is 0. The van der Waals surface area contributed by atoms with Gasteiger partial charge in [0, 0.05) is 12.6 Å². The molecular weight excluding hydrogens is 161 g/mol. The maximum Gasteiger partial charge on any atom is 1.00 e. The molecule has 68 valence electrons. The van der Waals surface area contributed by atoms with Crippen LogP contribution in [0.1, 0.15) is 32.1 Å². The number of carbonyl (C=O) groups excluding carboxylic acids is 1. The molecule has 0 aromatic heterocycles. The molecule has 0 amide bonds. The van der Waals surface area contributed by atoms with Crippen molar-refractivity contribution in [3.8, 4) is 0 Å². The monoisotopic (exact) mass is 175 g/mol. The standard InChI is InChI=1S/C9H15NO2.Li/c11-9(12)8-5-6-10(8)7-3-1-2-4-7;/h7-8H,1-6H2,(H,11,12);/q;+1/p-1. The summed E-state index contributed by atoms with van der Waals surface area (Å²) in [6, 6.07) is 0.273. The number of likely N-dealkylation sites (tertiary alicyclic amines) is 1. The van der Waals surface area contributed by atoms with E-state index in [1.807, 2.05) is 0 Å². The number of nitrogens with zero attached hydrogens (tertiary/aromatic N) is 1. The minimum absolute atomic E-state index is 0. The number of rotatable bonds is 2. The van der Waals surface area contributed by atoms with Crippen LogP contribution in [0.5, 0.6) is 0 Å². The largest absolute Gasteiger partial charge is 1.00 e. The summed E-state index contributed by atoms with van der Waals surface area (Å²) in [5, 5.41) is 10.6. The van der Waals surface area contributed by atoms with Crippen molar-refractivity contribution in [3.63, 3.8) is 0 Å². The minimum Gasteiger partial charge on any atom is -0.548 e. The predicted octanol–water partition coefficient (Wildman–Crippen LogP) is -3.24. The van der Waals surface area contributed by atoms with Gasteiger partial charge in [-0.2, -0.15) is 0 Å². The second-order valence-corrected chi connectivity index (χ2v) is 3.80. The van der Waals surface area contributed by atoms with E-state index in [9.17, 15) is 9.90 Å². The molecule has 1 atom stereocenters. The summed E-state index contributed by atoms with van der Waals surface area (Å²) in [5.74, 6) is -0.881. The summed E-state index contributed by atoms with van der Waals surface area (Å²) in [5.41, 5.74) is 0. The first kappa shape index (κ1) is 11.1. The third kappa shape index (κ3) is 2.09. The average molecular weight is 175 g/mol. The van der Waals surface area contributed by atoms with Crippen molar-refractivity contribution < 1.29 is 28.8 Å². The van der Waals surface area contributed by atoms with Gasteiger partial charge in [0.15, 0.2) is 0 Å². The molecule has 0 bridgehead atoms. The van der Waals surface area contributed by atoms with Crippen molar-refractivity contribution in [2.24, 2.45) is 0 Å². The number of hydrogen-bond acceptors (Lipinski definition) is 3. The molecule has 1 aliphatic carbocycles. The van der Waals surface area contributed by atoms with Gasteiger partial charge in [0.1, 0.15) is 0 Å². The van der Waals surface area contributed by atoms with Crippen LogP contribution < -0.4 is 24.0 Å². The predicted molar refractivity (Wildman–Crippen MR) is 42.4 cm³/mol. The number of carbonyl (C=O) groups is 1. The Morgan fingerprint density at radius 2 is 1.85 bits per heavy atom. The quantitative estimate of drug-likeness (QED) is 0.414. The van der Waals surface area contributed by atoms with Gasteiger partial charge in [-0.1, -0.05) is 12.8 Å². The zero-order valence-electron chi connectivity index (χ0n) is 8.16. The van der Waals surface area contributed by atoms with Gasteiger partial charge in [-0.25, -0.2) is 0 Å². The second-order valence-electron chi connectivity index (χ2n) is 3.80. The molecule has 3 nitrogen and oxygen atoms in total. The summed E-state index contributed by atoms with van der Waals surface area (Å²) in [7, 11) is 0. The molecule has 0 radical (unpaired) electrons. The zero-order chi connectivity index (χ0) is 8.55. The van der Waals surface area contributed by atoms with Gasteiger partial charge < -0.3 is 9.90 Å². The molecule has 0 aromatic rings. The Morgan fingerprint density at radius 3 is 2.23 bits per heavy atom. The number of aliphatic carboxylic acids is 1. The fraction of sp³-hybridized carbons (Fsp3) is 0.889. The van der Waals surface area contributed by atoms with Crippen LogP contribution in [0, 0.1) is 0 Å². The van der Waals surface area contributed by atoms with Crippen molar-refractivity contribution in [1.29, 1.82) is 0 Å². The molecule has 1 unspecified atom stereocenters. The topological polar surface area (TPSA) is 43.4 Å². The Labute approximate surface area is 90.7 Å². The third-order valence-electron chi connectivity index (χ3n) is 3.13. The Morgan fingerprint density at radius 1 is 1.23 bits per heavy atom. The first-order chi connectivity index (χ1) is 5.79. The maximum atomic E-state index is 10.6. The Hall–Kier alpha value is 0.0274. The van der Waals surface area contributed by atoms with E-state index in [4.69, 9.17) is 0 Å². The first-order valence-electron chi connectivity index (χ1n) is 4.75.